The summed E-state index contributed by atoms with van der Waals surface area (Å²) in [5, 5.41) is 0.699. The number of nitrogen functional groups attached to an aromatic ring is 1. The standard InChI is InChI=1S/C13H17N5S/c1-18(9-10-6-4-3-5-7-10)12-8-11(17-14)15-13(16-12)19-2/h3-8H,9,14H2,1-2H3,(H,15,16,17). The van der Waals surface area contributed by atoms with Gasteiger partial charge in [0.05, 0.1) is 0 Å². The third-order valence-corrected chi connectivity index (χ3v) is 3.22. The SMILES string of the molecule is CSc1nc(NN)cc(N(C)Cc2ccccc2)n1. The molecule has 2 aromatic rings. The zero-order valence-electron chi connectivity index (χ0n) is 11.0. The number of hydrogen-bond donors (Lipinski definition) is 2. The topological polar surface area (TPSA) is 67.1 Å². The van der Waals surface area contributed by atoms with Gasteiger partial charge in [0.25, 0.3) is 0 Å². The second-order valence-electron chi connectivity index (χ2n) is 4.08. The lowest BCUT2D eigenvalue weighted by Crippen LogP contribution is -2.19. The Bertz CT molecular complexity index is 510. The predicted octanol–water partition coefficient (Wildman–Crippen LogP) is 2.12. The van der Waals surface area contributed by atoms with E-state index in [-0.39, 0.29) is 0 Å². The van der Waals surface area contributed by atoms with E-state index in [1.54, 1.807) is 0 Å². The molecule has 0 bridgehead atoms. The summed E-state index contributed by atoms with van der Waals surface area (Å²) in [6.07, 6.45) is 1.94. The molecule has 0 spiro atoms. The third kappa shape index (κ3) is 3.59. The highest BCUT2D eigenvalue weighted by molar-refractivity contribution is 7.98. The van der Waals surface area contributed by atoms with Gasteiger partial charge in [-0.25, -0.2) is 15.8 Å². The van der Waals surface area contributed by atoms with Gasteiger partial charge >= 0.3 is 0 Å². The van der Waals surface area contributed by atoms with Crippen molar-refractivity contribution in [1.82, 2.24) is 9.97 Å². The first kappa shape index (κ1) is 13.6. The van der Waals surface area contributed by atoms with Gasteiger partial charge in [0.2, 0.25) is 0 Å². The molecule has 2 rings (SSSR count). The van der Waals surface area contributed by atoms with Crippen molar-refractivity contribution in [2.75, 3.05) is 23.6 Å². The van der Waals surface area contributed by atoms with Gasteiger partial charge < -0.3 is 10.3 Å². The Kier molecular flexibility index (Phi) is 4.59. The highest BCUT2D eigenvalue weighted by atomic mass is 32.2. The van der Waals surface area contributed by atoms with Crippen LogP contribution in [0.15, 0.2) is 41.6 Å². The van der Waals surface area contributed by atoms with E-state index in [0.717, 1.165) is 12.4 Å². The Labute approximate surface area is 117 Å². The molecule has 1 aromatic heterocycles. The zero-order valence-corrected chi connectivity index (χ0v) is 11.8. The summed E-state index contributed by atoms with van der Waals surface area (Å²) in [6, 6.07) is 12.1. The molecule has 0 amide bonds. The average molecular weight is 275 g/mol. The van der Waals surface area contributed by atoms with Crippen LogP contribution in [-0.2, 0) is 6.54 Å². The number of hydrazine groups is 1. The van der Waals surface area contributed by atoms with Crippen LogP contribution >= 0.6 is 11.8 Å². The normalized spacial score (nSPS) is 10.3. The minimum absolute atomic E-state index is 0.620. The van der Waals surface area contributed by atoms with Gasteiger partial charge in [0.1, 0.15) is 11.6 Å². The molecule has 0 aliphatic heterocycles. The van der Waals surface area contributed by atoms with Crippen LogP contribution in [0.3, 0.4) is 0 Å². The second kappa shape index (κ2) is 6.40. The van der Waals surface area contributed by atoms with E-state index in [1.165, 1.54) is 17.3 Å². The summed E-state index contributed by atoms with van der Waals surface area (Å²) in [6.45, 7) is 0.787. The van der Waals surface area contributed by atoms with Gasteiger partial charge in [-0.2, -0.15) is 0 Å². The number of nitrogens with one attached hydrogen (secondary N) is 1. The van der Waals surface area contributed by atoms with Crippen LogP contribution in [-0.4, -0.2) is 23.3 Å². The van der Waals surface area contributed by atoms with Gasteiger partial charge in [-0.1, -0.05) is 42.1 Å². The third-order valence-electron chi connectivity index (χ3n) is 2.68. The first-order chi connectivity index (χ1) is 9.22. The Morgan fingerprint density at radius 1 is 1.26 bits per heavy atom. The van der Waals surface area contributed by atoms with E-state index in [1.807, 2.05) is 37.6 Å². The predicted molar refractivity (Wildman–Crippen MR) is 80.2 cm³/mol. The van der Waals surface area contributed by atoms with E-state index < -0.39 is 0 Å². The molecule has 19 heavy (non-hydrogen) atoms. The second-order valence-corrected chi connectivity index (χ2v) is 4.86. The van der Waals surface area contributed by atoms with Gasteiger partial charge in [-0.05, 0) is 11.8 Å². The molecule has 0 saturated carbocycles. The molecule has 0 radical (unpaired) electrons. The lowest BCUT2D eigenvalue weighted by molar-refractivity contribution is 0.857. The fraction of sp³-hybridized carbons (Fsp3) is 0.231. The number of anilines is 2. The van der Waals surface area contributed by atoms with Crippen LogP contribution in [0.5, 0.6) is 0 Å². The van der Waals surface area contributed by atoms with Crippen molar-refractivity contribution in [2.45, 2.75) is 11.7 Å². The van der Waals surface area contributed by atoms with Crippen LogP contribution in [0.4, 0.5) is 11.6 Å². The quantitative estimate of drug-likeness (QED) is 0.377. The largest absolute Gasteiger partial charge is 0.355 e. The number of nitrogens with zero attached hydrogens (tertiary/aromatic N) is 3. The summed E-state index contributed by atoms with van der Waals surface area (Å²) in [4.78, 5) is 10.8. The van der Waals surface area contributed by atoms with E-state index in [0.29, 0.717) is 11.0 Å². The monoisotopic (exact) mass is 275 g/mol. The van der Waals surface area contributed by atoms with Crippen LogP contribution < -0.4 is 16.2 Å². The summed E-state index contributed by atoms with van der Waals surface area (Å²) in [5.41, 5.74) is 3.80. The fourth-order valence-corrected chi connectivity index (χ4v) is 2.09. The molecule has 0 fully saturated rings. The minimum Gasteiger partial charge on any atom is -0.355 e. The van der Waals surface area contributed by atoms with Crippen LogP contribution in [0, 0.1) is 0 Å². The van der Waals surface area contributed by atoms with Crippen molar-refractivity contribution in [1.29, 1.82) is 0 Å². The van der Waals surface area contributed by atoms with Crippen LogP contribution in [0.25, 0.3) is 0 Å². The summed E-state index contributed by atoms with van der Waals surface area (Å²) in [7, 11) is 2.00. The number of thioether (sulfide) groups is 1. The molecule has 0 aliphatic carbocycles. The maximum atomic E-state index is 5.43. The molecule has 0 saturated heterocycles. The fourth-order valence-electron chi connectivity index (χ4n) is 1.71. The maximum Gasteiger partial charge on any atom is 0.191 e. The van der Waals surface area contributed by atoms with Gasteiger partial charge in [0.15, 0.2) is 5.16 Å². The Morgan fingerprint density at radius 2 is 2.00 bits per heavy atom. The smallest absolute Gasteiger partial charge is 0.191 e. The first-order valence-corrected chi connectivity index (χ1v) is 7.10. The van der Waals surface area contributed by atoms with Crippen molar-refractivity contribution < 1.29 is 0 Å². The molecule has 0 aliphatic rings. The summed E-state index contributed by atoms with van der Waals surface area (Å²) >= 11 is 1.49. The number of nitrogens with two attached hydrogens (primary N) is 1. The number of aromatic nitrogens is 2. The maximum absolute atomic E-state index is 5.43. The Balaban J connectivity index is 2.20. The first-order valence-electron chi connectivity index (χ1n) is 5.87. The average Bonchev–Trinajstić information content (AvgIpc) is 2.47. The summed E-state index contributed by atoms with van der Waals surface area (Å²) in [5.74, 6) is 6.89. The van der Waals surface area contributed by atoms with E-state index in [2.05, 4.69) is 32.4 Å². The molecular formula is C13H17N5S. The molecule has 5 nitrogen and oxygen atoms in total. The molecule has 3 N–H and O–H groups in total. The lowest BCUT2D eigenvalue weighted by atomic mass is 10.2. The molecule has 6 heteroatoms. The van der Waals surface area contributed by atoms with E-state index in [9.17, 15) is 0 Å². The molecule has 100 valence electrons. The highest BCUT2D eigenvalue weighted by Crippen LogP contribution is 2.20. The highest BCUT2D eigenvalue weighted by Gasteiger charge is 2.08. The molecule has 1 heterocycles. The van der Waals surface area contributed by atoms with E-state index in [4.69, 9.17) is 5.84 Å². The summed E-state index contributed by atoms with van der Waals surface area (Å²) < 4.78 is 0. The zero-order chi connectivity index (χ0) is 13.7. The Morgan fingerprint density at radius 3 is 2.63 bits per heavy atom. The molecule has 1 aromatic carbocycles. The van der Waals surface area contributed by atoms with Gasteiger partial charge in [0, 0.05) is 19.7 Å². The number of rotatable bonds is 5. The van der Waals surface area contributed by atoms with Crippen molar-refractivity contribution in [3.63, 3.8) is 0 Å². The van der Waals surface area contributed by atoms with Crippen molar-refractivity contribution >= 4 is 23.4 Å². The minimum atomic E-state index is 0.620. The van der Waals surface area contributed by atoms with Crippen molar-refractivity contribution in [3.8, 4) is 0 Å². The molecule has 0 atom stereocenters. The van der Waals surface area contributed by atoms with Crippen LogP contribution in [0.1, 0.15) is 5.56 Å². The van der Waals surface area contributed by atoms with Gasteiger partial charge in [-0.15, -0.1) is 0 Å². The number of hydrogen-bond acceptors (Lipinski definition) is 6. The molecule has 0 unspecified atom stereocenters. The number of benzene rings is 1. The molecular weight excluding hydrogens is 258 g/mol. The van der Waals surface area contributed by atoms with Gasteiger partial charge in [-0.3, -0.25) is 0 Å². The lowest BCUT2D eigenvalue weighted by Gasteiger charge is -2.19. The van der Waals surface area contributed by atoms with Crippen LogP contribution in [0.2, 0.25) is 0 Å². The van der Waals surface area contributed by atoms with Crippen molar-refractivity contribution in [2.24, 2.45) is 5.84 Å². The van der Waals surface area contributed by atoms with Crippen molar-refractivity contribution in [3.05, 3.63) is 42.0 Å². The Hall–Kier alpha value is -1.79. The van der Waals surface area contributed by atoms with E-state index >= 15 is 0 Å².